The molecule has 4 heterocycles. The van der Waals surface area contributed by atoms with E-state index < -0.39 is 0 Å². The normalized spacial score (nSPS) is 13.6. The molecule has 4 nitrogen and oxygen atoms in total. The van der Waals surface area contributed by atoms with Crippen LogP contribution in [-0.4, -0.2) is 18.3 Å². The molecule has 1 spiro atoms. The van der Waals surface area contributed by atoms with Crippen molar-refractivity contribution in [3.05, 3.63) is 516 Å². The van der Waals surface area contributed by atoms with Gasteiger partial charge in [0.1, 0.15) is 0 Å². The number of hydrogen-bond acceptors (Lipinski definition) is 0. The standard InChI is InChI=1S/C38H25N.C38H27N.C28H23N.C26H19N/c1-39-36-17-9-5-13-30(36)31-22-24(19-21-37(31)39)25-18-20-29-28-12-4-8-16-34(28)38(35(29)23-25)32-14-6-2-10-26(32)27-11-3-7-15-33(27)38;1-39-36-19-11-9-17-32(36)33-24-26(21-23-37(33)39)27-20-22-31-30-16-8-10-18-34(30)38(35(31)25-27,28-12-4-2-5-13-28)29-14-6-3-7-15-29;1-28(2)24-10-6-4-8-20(24)21-14-12-19(17-25(21)28)18-13-15-27-23(16-18)22-9-5-7-11-26(22)29(27)3;1-27-25-9-5-4-8-23(25)24-16-18(11-13-26(24)27)17-10-12-22-20(14-17)15-19-6-2-3-7-21(19)22/h2-23H,1H3;2-25H,1H3;4-17H,1-3H3;2-14,16H,15H2,1H3. The second-order valence-electron chi connectivity index (χ2n) is 37.8. The van der Waals surface area contributed by atoms with Crippen LogP contribution in [0.25, 0.3) is 187 Å². The molecule has 24 aromatic rings. The van der Waals surface area contributed by atoms with E-state index in [0.29, 0.717) is 0 Å². The predicted molar refractivity (Wildman–Crippen MR) is 563 cm³/mol. The van der Waals surface area contributed by atoms with Crippen molar-refractivity contribution in [3.63, 3.8) is 0 Å². The lowest BCUT2D eigenvalue weighted by molar-refractivity contribution is 0.660. The van der Waals surface area contributed by atoms with Crippen LogP contribution >= 0.6 is 0 Å². The zero-order valence-electron chi connectivity index (χ0n) is 75.7. The minimum absolute atomic E-state index is 0.0332. The molecule has 29 rings (SSSR count). The predicted octanol–water partition coefficient (Wildman–Crippen LogP) is 32.6. The Bertz CT molecular complexity index is 8680. The van der Waals surface area contributed by atoms with Gasteiger partial charge in [0.05, 0.1) is 10.8 Å². The Morgan fingerprint density at radius 1 is 0.164 bits per heavy atom. The molecule has 0 N–H and O–H groups in total. The molecule has 0 saturated carbocycles. The molecule has 0 aliphatic heterocycles. The van der Waals surface area contributed by atoms with Gasteiger partial charge in [-0.1, -0.05) is 372 Å². The van der Waals surface area contributed by atoms with Crippen LogP contribution in [0, 0.1) is 0 Å². The monoisotopic (exact) mass is 1710 g/mol. The highest BCUT2D eigenvalue weighted by Gasteiger charge is 2.52. The largest absolute Gasteiger partial charge is 0.344 e. The van der Waals surface area contributed by atoms with Crippen molar-refractivity contribution in [1.29, 1.82) is 0 Å². The average Bonchev–Trinajstić information content (AvgIpc) is 1.51. The molecule has 20 aromatic carbocycles. The second kappa shape index (κ2) is 30.3. The van der Waals surface area contributed by atoms with E-state index in [2.05, 4.69) is 509 Å². The zero-order valence-corrected chi connectivity index (χ0v) is 75.7. The summed E-state index contributed by atoms with van der Waals surface area (Å²) in [5.74, 6) is 0. The van der Waals surface area contributed by atoms with Gasteiger partial charge in [0, 0.05) is 121 Å². The van der Waals surface area contributed by atoms with Crippen molar-refractivity contribution in [2.45, 2.75) is 36.5 Å². The van der Waals surface area contributed by atoms with Gasteiger partial charge < -0.3 is 18.3 Å². The summed E-state index contributed by atoms with van der Waals surface area (Å²) in [4.78, 5) is 0. The SMILES string of the molecule is Cn1c2ccccc2c2cc(-c3ccc4c(c3)C(C)(C)c3ccccc3-4)ccc21.Cn1c2ccccc2c2cc(-c3ccc4c(c3)C(c3ccccc3)(c3ccccc3)c3ccccc3-4)ccc21.Cn1c2ccccc2c2cc(-c3ccc4c(c3)C3(c5ccccc5-c5ccccc53)c3ccccc3-4)ccc21.Cn1c2ccccc2c2cc(-c3ccc4c(c3)Cc3ccccc3-4)ccc21. The summed E-state index contributed by atoms with van der Waals surface area (Å²) in [6, 6.07) is 166. The lowest BCUT2D eigenvalue weighted by Crippen LogP contribution is -2.28. The van der Waals surface area contributed by atoms with Crippen LogP contribution in [-0.2, 0) is 50.9 Å². The summed E-state index contributed by atoms with van der Waals surface area (Å²) in [6.07, 6.45) is 1.04. The number of hydrogen-bond donors (Lipinski definition) is 0. The minimum atomic E-state index is -0.381. The van der Waals surface area contributed by atoms with Gasteiger partial charge >= 0.3 is 0 Å². The molecule has 0 bridgehead atoms. The molecule has 0 unspecified atom stereocenters. The lowest BCUT2D eigenvalue weighted by Gasteiger charge is -2.34. The van der Waals surface area contributed by atoms with Crippen LogP contribution in [0.4, 0.5) is 0 Å². The van der Waals surface area contributed by atoms with Gasteiger partial charge in [-0.3, -0.25) is 0 Å². The van der Waals surface area contributed by atoms with Crippen molar-refractivity contribution in [2.24, 2.45) is 28.2 Å². The average molecular weight is 1710 g/mol. The number of benzene rings is 20. The number of fused-ring (bicyclic) bond motifs is 31. The molecule has 4 heteroatoms. The van der Waals surface area contributed by atoms with Gasteiger partial charge in [0.2, 0.25) is 0 Å². The van der Waals surface area contributed by atoms with Crippen LogP contribution < -0.4 is 0 Å². The molecular weight excluding hydrogens is 1620 g/mol. The van der Waals surface area contributed by atoms with Gasteiger partial charge in [-0.05, 0) is 264 Å². The second-order valence-corrected chi connectivity index (χ2v) is 37.8. The summed E-state index contributed by atoms with van der Waals surface area (Å²) in [7, 11) is 8.62. The van der Waals surface area contributed by atoms with E-state index in [-0.39, 0.29) is 16.2 Å². The van der Waals surface area contributed by atoms with Gasteiger partial charge in [-0.25, -0.2) is 0 Å². The van der Waals surface area contributed by atoms with Crippen LogP contribution in [0.15, 0.2) is 449 Å². The van der Waals surface area contributed by atoms with E-state index in [4.69, 9.17) is 0 Å². The van der Waals surface area contributed by atoms with Crippen LogP contribution in [0.1, 0.15) is 80.6 Å². The Labute approximate surface area is 780 Å². The van der Waals surface area contributed by atoms with Crippen molar-refractivity contribution in [2.75, 3.05) is 0 Å². The van der Waals surface area contributed by atoms with Crippen molar-refractivity contribution >= 4 is 87.2 Å². The summed E-state index contributed by atoms with van der Waals surface area (Å²) in [5.41, 5.74) is 49.8. The third kappa shape index (κ3) is 11.6. The minimum Gasteiger partial charge on any atom is -0.344 e. The van der Waals surface area contributed by atoms with Crippen molar-refractivity contribution < 1.29 is 0 Å². The summed E-state index contributed by atoms with van der Waals surface area (Å²) in [6.45, 7) is 4.69. The molecular formula is C130H94N4. The number of para-hydroxylation sites is 4. The van der Waals surface area contributed by atoms with Gasteiger partial charge in [0.25, 0.3) is 0 Å². The Hall–Kier alpha value is -16.4. The first-order valence-corrected chi connectivity index (χ1v) is 47.0. The lowest BCUT2D eigenvalue weighted by atomic mass is 9.67. The summed E-state index contributed by atoms with van der Waals surface area (Å²) < 4.78 is 9.17. The summed E-state index contributed by atoms with van der Waals surface area (Å²) in [5, 5.41) is 10.5. The molecule has 5 aliphatic rings. The Balaban J connectivity index is 0.0000000943. The first-order valence-electron chi connectivity index (χ1n) is 47.0. The first-order chi connectivity index (χ1) is 65.9. The highest BCUT2D eigenvalue weighted by Crippen LogP contribution is 2.64. The molecule has 4 aromatic heterocycles. The number of aromatic nitrogens is 4. The molecule has 5 aliphatic carbocycles. The van der Waals surface area contributed by atoms with Gasteiger partial charge in [-0.2, -0.15) is 0 Å². The molecule has 634 valence electrons. The van der Waals surface area contributed by atoms with Gasteiger partial charge in [0.15, 0.2) is 0 Å². The maximum absolute atomic E-state index is 2.47. The molecule has 134 heavy (non-hydrogen) atoms. The van der Waals surface area contributed by atoms with E-state index in [9.17, 15) is 0 Å². The number of aryl methyl sites for hydroxylation is 4. The fraction of sp³-hybridized carbons (Fsp3) is 0.0769. The molecule has 0 saturated heterocycles. The highest BCUT2D eigenvalue weighted by molar-refractivity contribution is 6.13. The van der Waals surface area contributed by atoms with E-state index in [0.717, 1.165) is 6.42 Å². The van der Waals surface area contributed by atoms with Crippen molar-refractivity contribution in [3.8, 4) is 100 Å². The Morgan fingerprint density at radius 3 is 0.784 bits per heavy atom. The van der Waals surface area contributed by atoms with E-state index in [1.54, 1.807) is 0 Å². The Morgan fingerprint density at radius 2 is 0.403 bits per heavy atom. The maximum atomic E-state index is 2.47. The van der Waals surface area contributed by atoms with Crippen LogP contribution in [0.3, 0.4) is 0 Å². The topological polar surface area (TPSA) is 19.7 Å². The fourth-order valence-electron chi connectivity index (χ4n) is 24.5. The summed E-state index contributed by atoms with van der Waals surface area (Å²) >= 11 is 0. The molecule has 0 atom stereocenters. The van der Waals surface area contributed by atoms with E-state index >= 15 is 0 Å². The van der Waals surface area contributed by atoms with Gasteiger partial charge in [-0.15, -0.1) is 0 Å². The third-order valence-electron chi connectivity index (χ3n) is 30.8. The first kappa shape index (κ1) is 78.6. The van der Waals surface area contributed by atoms with E-state index in [1.807, 2.05) is 0 Å². The zero-order chi connectivity index (χ0) is 89.4. The van der Waals surface area contributed by atoms with E-state index in [1.165, 1.54) is 254 Å². The molecule has 0 radical (unpaired) electrons. The molecule has 0 amide bonds. The maximum Gasteiger partial charge on any atom is 0.0725 e. The smallest absolute Gasteiger partial charge is 0.0725 e. The van der Waals surface area contributed by atoms with Crippen molar-refractivity contribution in [1.82, 2.24) is 18.3 Å². The fourth-order valence-corrected chi connectivity index (χ4v) is 24.5. The third-order valence-corrected chi connectivity index (χ3v) is 30.8. The quantitative estimate of drug-likeness (QED) is 0.158. The highest BCUT2D eigenvalue weighted by atomic mass is 15.0. The van der Waals surface area contributed by atoms with Crippen LogP contribution in [0.2, 0.25) is 0 Å². The molecule has 0 fully saturated rings. The number of nitrogens with zero attached hydrogens (tertiary/aromatic N) is 4. The number of rotatable bonds is 6. The Kier molecular flexibility index (Phi) is 17.8. The van der Waals surface area contributed by atoms with Crippen LogP contribution in [0.5, 0.6) is 0 Å².